The van der Waals surface area contributed by atoms with E-state index in [-0.39, 0.29) is 0 Å². The quantitative estimate of drug-likeness (QED) is 0.533. The monoisotopic (exact) mass is 359 g/mol. The maximum atomic E-state index is 12.4. The summed E-state index contributed by atoms with van der Waals surface area (Å²) in [5, 5.41) is 11.7. The van der Waals surface area contributed by atoms with Gasteiger partial charge in [-0.1, -0.05) is 18.2 Å². The Labute approximate surface area is 153 Å². The predicted octanol–water partition coefficient (Wildman–Crippen LogP) is 1.29. The summed E-state index contributed by atoms with van der Waals surface area (Å²) in [6.45, 7) is 0. The first-order valence-electron chi connectivity index (χ1n) is 8.00. The SMILES string of the molecule is O=C(NNC(=O)c1cccc2cccnc12)c1ccc(-n2cnnn2)cc1. The number of rotatable bonds is 3. The summed E-state index contributed by atoms with van der Waals surface area (Å²) in [7, 11) is 0. The van der Waals surface area contributed by atoms with Gasteiger partial charge in [-0.25, -0.2) is 4.68 Å². The summed E-state index contributed by atoms with van der Waals surface area (Å²) in [6, 6.07) is 15.5. The zero-order chi connectivity index (χ0) is 18.6. The highest BCUT2D eigenvalue weighted by Gasteiger charge is 2.12. The zero-order valence-corrected chi connectivity index (χ0v) is 13.9. The number of hydrogen-bond acceptors (Lipinski definition) is 6. The van der Waals surface area contributed by atoms with E-state index in [2.05, 4.69) is 31.4 Å². The molecule has 0 saturated heterocycles. The van der Waals surface area contributed by atoms with Gasteiger partial charge in [-0.15, -0.1) is 5.10 Å². The lowest BCUT2D eigenvalue weighted by Gasteiger charge is -2.09. The van der Waals surface area contributed by atoms with E-state index in [9.17, 15) is 9.59 Å². The number of pyridine rings is 1. The van der Waals surface area contributed by atoms with Gasteiger partial charge >= 0.3 is 0 Å². The van der Waals surface area contributed by atoms with Gasteiger partial charge in [-0.2, -0.15) is 0 Å². The van der Waals surface area contributed by atoms with E-state index in [0.29, 0.717) is 22.3 Å². The molecule has 2 amide bonds. The fraction of sp³-hybridized carbons (Fsp3) is 0. The molecule has 27 heavy (non-hydrogen) atoms. The van der Waals surface area contributed by atoms with Crippen LogP contribution < -0.4 is 10.9 Å². The van der Waals surface area contributed by atoms with Crippen molar-refractivity contribution >= 4 is 22.7 Å². The third kappa shape index (κ3) is 3.33. The van der Waals surface area contributed by atoms with E-state index < -0.39 is 11.8 Å². The molecule has 9 heteroatoms. The van der Waals surface area contributed by atoms with Crippen molar-refractivity contribution in [3.8, 4) is 5.69 Å². The fourth-order valence-electron chi connectivity index (χ4n) is 2.59. The van der Waals surface area contributed by atoms with E-state index in [0.717, 1.165) is 5.39 Å². The van der Waals surface area contributed by atoms with Crippen LogP contribution in [0.15, 0.2) is 67.1 Å². The minimum atomic E-state index is -0.446. The first kappa shape index (κ1) is 16.3. The standard InChI is InChI=1S/C18H13N7O2/c26-17(13-6-8-14(9-7-13)25-11-20-23-24-25)21-22-18(27)15-5-1-3-12-4-2-10-19-16(12)15/h1-11H,(H,21,26)(H,22,27). The number of hydrazine groups is 1. The number of tetrazole rings is 1. The van der Waals surface area contributed by atoms with Gasteiger partial charge < -0.3 is 0 Å². The second-order valence-corrected chi connectivity index (χ2v) is 5.59. The van der Waals surface area contributed by atoms with E-state index in [1.807, 2.05) is 12.1 Å². The van der Waals surface area contributed by atoms with Crippen molar-refractivity contribution in [2.45, 2.75) is 0 Å². The van der Waals surface area contributed by atoms with Gasteiger partial charge in [0.2, 0.25) is 0 Å². The maximum Gasteiger partial charge on any atom is 0.271 e. The third-order valence-corrected chi connectivity index (χ3v) is 3.91. The molecule has 2 heterocycles. The number of amides is 2. The molecule has 0 aliphatic carbocycles. The minimum Gasteiger partial charge on any atom is -0.267 e. The summed E-state index contributed by atoms with van der Waals surface area (Å²) in [5.74, 6) is -0.891. The van der Waals surface area contributed by atoms with Gasteiger partial charge in [0, 0.05) is 17.1 Å². The molecule has 0 aliphatic heterocycles. The number of carbonyl (C=O) groups excluding carboxylic acids is 2. The Balaban J connectivity index is 1.45. The molecule has 4 rings (SSSR count). The van der Waals surface area contributed by atoms with Crippen LogP contribution in [0.2, 0.25) is 0 Å². The van der Waals surface area contributed by atoms with Crippen LogP contribution >= 0.6 is 0 Å². The number of fused-ring (bicyclic) bond motifs is 1. The molecular formula is C18H13N7O2. The Bertz CT molecular complexity index is 1100. The van der Waals surface area contributed by atoms with Crippen LogP contribution in [0, 0.1) is 0 Å². The van der Waals surface area contributed by atoms with Gasteiger partial charge in [0.1, 0.15) is 6.33 Å². The molecule has 2 aromatic carbocycles. The van der Waals surface area contributed by atoms with Crippen LogP contribution in [-0.4, -0.2) is 37.0 Å². The number of nitrogens with one attached hydrogen (secondary N) is 2. The number of para-hydroxylation sites is 1. The summed E-state index contributed by atoms with van der Waals surface area (Å²) < 4.78 is 1.47. The summed E-state index contributed by atoms with van der Waals surface area (Å²) in [4.78, 5) is 28.9. The van der Waals surface area contributed by atoms with Crippen LogP contribution in [0.4, 0.5) is 0 Å². The van der Waals surface area contributed by atoms with Crippen LogP contribution in [0.25, 0.3) is 16.6 Å². The van der Waals surface area contributed by atoms with Crippen molar-refractivity contribution < 1.29 is 9.59 Å². The number of carbonyl (C=O) groups is 2. The van der Waals surface area contributed by atoms with Crippen molar-refractivity contribution in [3.63, 3.8) is 0 Å². The number of benzene rings is 2. The first-order chi connectivity index (χ1) is 13.2. The van der Waals surface area contributed by atoms with E-state index >= 15 is 0 Å². The van der Waals surface area contributed by atoms with Crippen LogP contribution in [0.1, 0.15) is 20.7 Å². The lowest BCUT2D eigenvalue weighted by atomic mass is 10.1. The Morgan fingerprint density at radius 2 is 1.67 bits per heavy atom. The van der Waals surface area contributed by atoms with E-state index in [4.69, 9.17) is 0 Å². The van der Waals surface area contributed by atoms with E-state index in [1.54, 1.807) is 48.7 Å². The molecule has 0 aliphatic rings. The second-order valence-electron chi connectivity index (χ2n) is 5.59. The molecule has 2 N–H and O–H groups in total. The Kier molecular flexibility index (Phi) is 4.24. The average molecular weight is 359 g/mol. The van der Waals surface area contributed by atoms with Crippen LogP contribution in [0.3, 0.4) is 0 Å². The van der Waals surface area contributed by atoms with Crippen molar-refractivity contribution in [2.24, 2.45) is 0 Å². The highest BCUT2D eigenvalue weighted by atomic mass is 16.2. The summed E-state index contributed by atoms with van der Waals surface area (Å²) in [6.07, 6.45) is 3.07. The molecule has 4 aromatic rings. The van der Waals surface area contributed by atoms with Gasteiger partial charge in [0.15, 0.2) is 0 Å². The van der Waals surface area contributed by atoms with Crippen LogP contribution in [0.5, 0.6) is 0 Å². The fourth-order valence-corrected chi connectivity index (χ4v) is 2.59. The molecule has 0 unspecified atom stereocenters. The highest BCUT2D eigenvalue weighted by molar-refractivity contribution is 6.06. The highest BCUT2D eigenvalue weighted by Crippen LogP contribution is 2.15. The molecule has 0 saturated carbocycles. The summed E-state index contributed by atoms with van der Waals surface area (Å²) in [5.41, 5.74) is 6.85. The molecule has 0 bridgehead atoms. The smallest absolute Gasteiger partial charge is 0.267 e. The van der Waals surface area contributed by atoms with Crippen molar-refractivity contribution in [3.05, 3.63) is 78.2 Å². The van der Waals surface area contributed by atoms with Gasteiger partial charge in [-0.3, -0.25) is 25.4 Å². The largest absolute Gasteiger partial charge is 0.271 e. The zero-order valence-electron chi connectivity index (χ0n) is 13.9. The molecule has 0 radical (unpaired) electrons. The van der Waals surface area contributed by atoms with Crippen molar-refractivity contribution in [1.29, 1.82) is 0 Å². The van der Waals surface area contributed by atoms with Gasteiger partial charge in [0.05, 0.1) is 16.8 Å². The van der Waals surface area contributed by atoms with E-state index in [1.165, 1.54) is 11.0 Å². The lowest BCUT2D eigenvalue weighted by Crippen LogP contribution is -2.41. The topological polar surface area (TPSA) is 115 Å². The average Bonchev–Trinajstić information content (AvgIpc) is 3.26. The van der Waals surface area contributed by atoms with Crippen molar-refractivity contribution in [2.75, 3.05) is 0 Å². The number of hydrogen-bond donors (Lipinski definition) is 2. The molecule has 9 nitrogen and oxygen atoms in total. The van der Waals surface area contributed by atoms with Gasteiger partial charge in [0.25, 0.3) is 11.8 Å². The van der Waals surface area contributed by atoms with Crippen molar-refractivity contribution in [1.82, 2.24) is 36.0 Å². The molecule has 0 atom stereocenters. The molecular weight excluding hydrogens is 346 g/mol. The summed E-state index contributed by atoms with van der Waals surface area (Å²) >= 11 is 0. The Hall–Kier alpha value is -4.14. The molecule has 0 spiro atoms. The minimum absolute atomic E-state index is 0.377. The van der Waals surface area contributed by atoms with Gasteiger partial charge in [-0.05, 0) is 46.8 Å². The first-order valence-corrected chi connectivity index (χ1v) is 8.00. The lowest BCUT2D eigenvalue weighted by molar-refractivity contribution is 0.0847. The Morgan fingerprint density at radius 3 is 2.44 bits per heavy atom. The molecule has 0 fully saturated rings. The molecule has 132 valence electrons. The number of nitrogens with zero attached hydrogens (tertiary/aromatic N) is 5. The normalized spacial score (nSPS) is 10.5. The molecule has 2 aromatic heterocycles. The third-order valence-electron chi connectivity index (χ3n) is 3.91. The second kappa shape index (κ2) is 7.00. The predicted molar refractivity (Wildman–Crippen MR) is 95.8 cm³/mol. The Morgan fingerprint density at radius 1 is 0.889 bits per heavy atom. The number of aromatic nitrogens is 5. The maximum absolute atomic E-state index is 12.4. The van der Waals surface area contributed by atoms with Crippen LogP contribution in [-0.2, 0) is 0 Å².